The monoisotopic (exact) mass is 393 g/mol. The summed E-state index contributed by atoms with van der Waals surface area (Å²) >= 11 is 5.96. The SMILES string of the molecule is Cn1c(=O)cc(-c2cccc(F)c2)c2cc(C(N)c3ccc(Cl)cc3)cnc21. The van der Waals surface area contributed by atoms with E-state index in [1.165, 1.54) is 22.8 Å². The van der Waals surface area contributed by atoms with Gasteiger partial charge < -0.3 is 5.73 Å². The summed E-state index contributed by atoms with van der Waals surface area (Å²) in [5.74, 6) is -0.367. The highest BCUT2D eigenvalue weighted by Gasteiger charge is 2.15. The first-order valence-corrected chi connectivity index (χ1v) is 9.08. The van der Waals surface area contributed by atoms with Gasteiger partial charge in [0.1, 0.15) is 11.5 Å². The number of aromatic nitrogens is 2. The summed E-state index contributed by atoms with van der Waals surface area (Å²) in [5.41, 5.74) is 9.63. The molecule has 2 N–H and O–H groups in total. The predicted octanol–water partition coefficient (Wildman–Crippen LogP) is 4.44. The summed E-state index contributed by atoms with van der Waals surface area (Å²) in [6.45, 7) is 0. The summed E-state index contributed by atoms with van der Waals surface area (Å²) in [6, 6.07) is 16.4. The van der Waals surface area contributed by atoms with Crippen LogP contribution in [-0.4, -0.2) is 9.55 Å². The minimum atomic E-state index is -0.410. The summed E-state index contributed by atoms with van der Waals surface area (Å²) in [4.78, 5) is 16.9. The molecule has 0 spiro atoms. The van der Waals surface area contributed by atoms with Gasteiger partial charge in [-0.2, -0.15) is 0 Å². The molecule has 2 aromatic carbocycles. The average Bonchev–Trinajstić information content (AvgIpc) is 2.70. The highest BCUT2D eigenvalue weighted by Crippen LogP contribution is 2.30. The van der Waals surface area contributed by atoms with E-state index in [2.05, 4.69) is 4.98 Å². The van der Waals surface area contributed by atoms with Crippen LogP contribution in [0.25, 0.3) is 22.2 Å². The molecule has 0 aliphatic heterocycles. The zero-order valence-corrected chi connectivity index (χ0v) is 15.8. The minimum Gasteiger partial charge on any atom is -0.320 e. The number of halogens is 2. The van der Waals surface area contributed by atoms with Gasteiger partial charge in [0.25, 0.3) is 5.56 Å². The van der Waals surface area contributed by atoms with E-state index in [4.69, 9.17) is 17.3 Å². The maximum atomic E-state index is 13.8. The Kier molecular flexibility index (Phi) is 4.71. The fraction of sp³-hybridized carbons (Fsp3) is 0.0909. The molecule has 4 nitrogen and oxygen atoms in total. The minimum absolute atomic E-state index is 0.214. The molecule has 0 aliphatic carbocycles. The van der Waals surface area contributed by atoms with Crippen molar-refractivity contribution < 1.29 is 4.39 Å². The molecule has 4 aromatic rings. The van der Waals surface area contributed by atoms with E-state index >= 15 is 0 Å². The van der Waals surface area contributed by atoms with Gasteiger partial charge in [-0.25, -0.2) is 9.37 Å². The number of aryl methyl sites for hydroxylation is 1. The van der Waals surface area contributed by atoms with Crippen molar-refractivity contribution in [3.8, 4) is 11.1 Å². The van der Waals surface area contributed by atoms with Gasteiger partial charge in [-0.15, -0.1) is 0 Å². The Labute approximate surface area is 166 Å². The number of hydrogen-bond donors (Lipinski definition) is 1. The number of nitrogens with two attached hydrogens (primary N) is 1. The van der Waals surface area contributed by atoms with Crippen molar-refractivity contribution in [1.82, 2.24) is 9.55 Å². The zero-order chi connectivity index (χ0) is 19.8. The smallest absolute Gasteiger partial charge is 0.252 e. The standard InChI is InChI=1S/C22H17ClFN3O/c1-27-20(28)11-18(14-3-2-4-17(24)9-14)19-10-15(12-26-22(19)27)21(25)13-5-7-16(23)8-6-13/h2-12,21H,25H2,1H3. The molecule has 1 unspecified atom stereocenters. The van der Waals surface area contributed by atoms with Crippen molar-refractivity contribution in [3.05, 3.63) is 99.2 Å². The number of hydrogen-bond acceptors (Lipinski definition) is 3. The zero-order valence-electron chi connectivity index (χ0n) is 15.1. The number of benzene rings is 2. The molecule has 1 atom stereocenters. The summed E-state index contributed by atoms with van der Waals surface area (Å²) < 4.78 is 15.2. The first-order valence-electron chi connectivity index (χ1n) is 8.71. The Morgan fingerprint density at radius 2 is 1.82 bits per heavy atom. The largest absolute Gasteiger partial charge is 0.320 e. The van der Waals surface area contributed by atoms with Gasteiger partial charge in [0, 0.05) is 29.7 Å². The van der Waals surface area contributed by atoms with Gasteiger partial charge in [0.05, 0.1) is 6.04 Å². The second-order valence-electron chi connectivity index (χ2n) is 6.63. The van der Waals surface area contributed by atoms with Gasteiger partial charge in [0.2, 0.25) is 0 Å². The van der Waals surface area contributed by atoms with Crippen LogP contribution in [0.5, 0.6) is 0 Å². The molecule has 0 amide bonds. The molecule has 0 bridgehead atoms. The number of nitrogens with zero attached hydrogens (tertiary/aromatic N) is 2. The summed E-state index contributed by atoms with van der Waals surface area (Å²) in [7, 11) is 1.66. The lowest BCUT2D eigenvalue weighted by atomic mass is 9.97. The molecule has 0 fully saturated rings. The molecule has 0 saturated heterocycles. The first-order chi connectivity index (χ1) is 13.4. The average molecular weight is 394 g/mol. The van der Waals surface area contributed by atoms with Gasteiger partial charge in [-0.1, -0.05) is 35.9 Å². The molecule has 0 aliphatic rings. The van der Waals surface area contributed by atoms with Crippen molar-refractivity contribution >= 4 is 22.6 Å². The molecule has 2 heterocycles. The highest BCUT2D eigenvalue weighted by molar-refractivity contribution is 6.30. The van der Waals surface area contributed by atoms with E-state index in [1.54, 1.807) is 37.5 Å². The number of pyridine rings is 2. The van der Waals surface area contributed by atoms with Gasteiger partial charge in [0.15, 0.2) is 0 Å². The molecule has 0 radical (unpaired) electrons. The molecule has 28 heavy (non-hydrogen) atoms. The molecular formula is C22H17ClFN3O. The third-order valence-corrected chi connectivity index (χ3v) is 5.07. The van der Waals surface area contributed by atoms with Crippen LogP contribution in [0.2, 0.25) is 5.02 Å². The number of fused-ring (bicyclic) bond motifs is 1. The molecule has 4 rings (SSSR count). The fourth-order valence-corrected chi connectivity index (χ4v) is 3.40. The second kappa shape index (κ2) is 7.19. The van der Waals surface area contributed by atoms with Crippen LogP contribution >= 0.6 is 11.6 Å². The lowest BCUT2D eigenvalue weighted by Gasteiger charge is -2.15. The fourth-order valence-electron chi connectivity index (χ4n) is 3.27. The third kappa shape index (κ3) is 3.30. The number of rotatable bonds is 3. The molecular weight excluding hydrogens is 377 g/mol. The quantitative estimate of drug-likeness (QED) is 0.559. The van der Waals surface area contributed by atoms with E-state index in [-0.39, 0.29) is 11.4 Å². The first kappa shape index (κ1) is 18.3. The van der Waals surface area contributed by atoms with Crippen molar-refractivity contribution in [2.24, 2.45) is 12.8 Å². The summed E-state index contributed by atoms with van der Waals surface area (Å²) in [5, 5.41) is 1.37. The Balaban J connectivity index is 1.92. The van der Waals surface area contributed by atoms with E-state index in [0.29, 0.717) is 21.8 Å². The van der Waals surface area contributed by atoms with E-state index < -0.39 is 6.04 Å². The van der Waals surface area contributed by atoms with Crippen molar-refractivity contribution in [2.45, 2.75) is 6.04 Å². The molecule has 140 valence electrons. The highest BCUT2D eigenvalue weighted by atomic mass is 35.5. The third-order valence-electron chi connectivity index (χ3n) is 4.82. The van der Waals surface area contributed by atoms with Gasteiger partial charge in [-0.05, 0) is 52.6 Å². The lowest BCUT2D eigenvalue weighted by Crippen LogP contribution is -2.18. The van der Waals surface area contributed by atoms with E-state index in [1.807, 2.05) is 18.2 Å². The van der Waals surface area contributed by atoms with Gasteiger partial charge in [-0.3, -0.25) is 9.36 Å². The van der Waals surface area contributed by atoms with Crippen LogP contribution in [0.3, 0.4) is 0 Å². The van der Waals surface area contributed by atoms with Crippen molar-refractivity contribution in [1.29, 1.82) is 0 Å². The topological polar surface area (TPSA) is 60.9 Å². The van der Waals surface area contributed by atoms with Crippen LogP contribution in [0.1, 0.15) is 17.2 Å². The Hall–Kier alpha value is -3.02. The van der Waals surface area contributed by atoms with Crippen LogP contribution in [0, 0.1) is 5.82 Å². The second-order valence-corrected chi connectivity index (χ2v) is 7.07. The Bertz CT molecular complexity index is 1230. The maximum absolute atomic E-state index is 13.8. The summed E-state index contributed by atoms with van der Waals surface area (Å²) in [6.07, 6.45) is 1.66. The maximum Gasteiger partial charge on any atom is 0.252 e. The van der Waals surface area contributed by atoms with Crippen LogP contribution in [-0.2, 0) is 7.05 Å². The van der Waals surface area contributed by atoms with E-state index in [9.17, 15) is 9.18 Å². The van der Waals surface area contributed by atoms with Crippen LogP contribution in [0.4, 0.5) is 4.39 Å². The van der Waals surface area contributed by atoms with Crippen LogP contribution in [0.15, 0.2) is 71.7 Å². The van der Waals surface area contributed by atoms with Crippen LogP contribution < -0.4 is 11.3 Å². The van der Waals surface area contributed by atoms with Gasteiger partial charge >= 0.3 is 0 Å². The van der Waals surface area contributed by atoms with Crippen molar-refractivity contribution in [2.75, 3.05) is 0 Å². The predicted molar refractivity (Wildman–Crippen MR) is 110 cm³/mol. The molecule has 2 aromatic heterocycles. The Morgan fingerprint density at radius 3 is 2.54 bits per heavy atom. The van der Waals surface area contributed by atoms with E-state index in [0.717, 1.165) is 16.5 Å². The van der Waals surface area contributed by atoms with Crippen molar-refractivity contribution in [3.63, 3.8) is 0 Å². The Morgan fingerprint density at radius 1 is 1.07 bits per heavy atom. The molecule has 6 heteroatoms. The lowest BCUT2D eigenvalue weighted by molar-refractivity contribution is 0.628. The molecule has 0 saturated carbocycles. The normalized spacial score (nSPS) is 12.3.